The van der Waals surface area contributed by atoms with Crippen molar-refractivity contribution >= 4 is 37.5 Å². The minimum Gasteiger partial charge on any atom is -0.382 e. The number of likely N-dealkylation sites (N-methyl/N-ethyl adjacent to an activating group) is 1. The van der Waals surface area contributed by atoms with E-state index in [2.05, 4.69) is 55.9 Å². The van der Waals surface area contributed by atoms with E-state index in [1.54, 1.807) is 0 Å². The molecule has 0 spiro atoms. The molecule has 0 saturated heterocycles. The Bertz CT molecular complexity index is 305. The van der Waals surface area contributed by atoms with Crippen LogP contribution in [0.5, 0.6) is 0 Å². The Labute approximate surface area is 115 Å². The summed E-state index contributed by atoms with van der Waals surface area (Å²) >= 11 is 7.08. The lowest BCUT2D eigenvalue weighted by Gasteiger charge is -2.19. The van der Waals surface area contributed by atoms with E-state index in [9.17, 15) is 0 Å². The maximum Gasteiger partial charge on any atom is 0.0629 e. The molecule has 0 atom stereocenters. The number of halogens is 2. The molecule has 0 aromatic heterocycles. The molecule has 0 fully saturated rings. The molecule has 0 aliphatic heterocycles. The van der Waals surface area contributed by atoms with Crippen LogP contribution in [0, 0.1) is 0 Å². The molecule has 0 heterocycles. The molecule has 1 aromatic rings. The quantitative estimate of drug-likeness (QED) is 0.836. The minimum absolute atomic E-state index is 0.961. The van der Waals surface area contributed by atoms with Crippen LogP contribution < -0.4 is 5.32 Å². The van der Waals surface area contributed by atoms with E-state index in [0.29, 0.717) is 0 Å². The van der Waals surface area contributed by atoms with Crippen LogP contribution in [0.4, 0.5) is 5.69 Å². The van der Waals surface area contributed by atoms with Gasteiger partial charge in [-0.15, -0.1) is 0 Å². The normalized spacial score (nSPS) is 10.8. The molecular formula is C12H18Br2N2. The van der Waals surface area contributed by atoms with Crippen LogP contribution in [0.25, 0.3) is 0 Å². The van der Waals surface area contributed by atoms with Crippen molar-refractivity contribution in [2.45, 2.75) is 13.8 Å². The highest BCUT2D eigenvalue weighted by atomic mass is 79.9. The fourth-order valence-electron chi connectivity index (χ4n) is 1.55. The fourth-order valence-corrected chi connectivity index (χ4v) is 2.82. The van der Waals surface area contributed by atoms with Gasteiger partial charge in [-0.05, 0) is 57.1 Å². The molecule has 0 saturated carbocycles. The number of nitrogens with zero attached hydrogens (tertiary/aromatic N) is 1. The first kappa shape index (κ1) is 14.0. The van der Waals surface area contributed by atoms with Crippen molar-refractivity contribution in [2.24, 2.45) is 0 Å². The number of anilines is 1. The maximum absolute atomic E-state index is 3.54. The Balaban J connectivity index is 2.48. The lowest BCUT2D eigenvalue weighted by Crippen LogP contribution is -2.28. The Morgan fingerprint density at radius 1 is 1.12 bits per heavy atom. The molecule has 0 aliphatic carbocycles. The van der Waals surface area contributed by atoms with Crippen molar-refractivity contribution in [3.05, 3.63) is 27.1 Å². The summed E-state index contributed by atoms with van der Waals surface area (Å²) in [6, 6.07) is 6.11. The Kier molecular flexibility index (Phi) is 6.39. The second-order valence-corrected chi connectivity index (χ2v) is 5.26. The Hall–Kier alpha value is -0.0600. The van der Waals surface area contributed by atoms with Gasteiger partial charge < -0.3 is 10.2 Å². The van der Waals surface area contributed by atoms with Crippen molar-refractivity contribution in [2.75, 3.05) is 31.5 Å². The predicted octanol–water partition coefficient (Wildman–Crippen LogP) is 3.97. The third-order valence-corrected chi connectivity index (χ3v) is 3.91. The summed E-state index contributed by atoms with van der Waals surface area (Å²) in [5, 5.41) is 3.44. The molecular weight excluding hydrogens is 332 g/mol. The molecule has 90 valence electrons. The van der Waals surface area contributed by atoms with E-state index in [1.807, 2.05) is 18.2 Å². The van der Waals surface area contributed by atoms with Crippen LogP contribution in [0.1, 0.15) is 13.8 Å². The first-order valence-corrected chi connectivity index (χ1v) is 7.17. The van der Waals surface area contributed by atoms with Crippen molar-refractivity contribution in [1.29, 1.82) is 0 Å². The van der Waals surface area contributed by atoms with E-state index < -0.39 is 0 Å². The summed E-state index contributed by atoms with van der Waals surface area (Å²) < 4.78 is 2.20. The first-order valence-electron chi connectivity index (χ1n) is 5.59. The van der Waals surface area contributed by atoms with Gasteiger partial charge in [0.25, 0.3) is 0 Å². The lowest BCUT2D eigenvalue weighted by molar-refractivity contribution is 0.316. The summed E-state index contributed by atoms with van der Waals surface area (Å²) in [7, 11) is 0. The van der Waals surface area contributed by atoms with Crippen LogP contribution in [0.3, 0.4) is 0 Å². The number of rotatable bonds is 6. The van der Waals surface area contributed by atoms with Gasteiger partial charge in [0.1, 0.15) is 0 Å². The van der Waals surface area contributed by atoms with Gasteiger partial charge in [-0.25, -0.2) is 0 Å². The van der Waals surface area contributed by atoms with E-state index in [0.717, 1.165) is 40.8 Å². The highest BCUT2D eigenvalue weighted by Crippen LogP contribution is 2.30. The molecule has 4 heteroatoms. The zero-order valence-electron chi connectivity index (χ0n) is 9.76. The topological polar surface area (TPSA) is 15.3 Å². The molecule has 1 N–H and O–H groups in total. The minimum atomic E-state index is 0.961. The van der Waals surface area contributed by atoms with Gasteiger partial charge in [0, 0.05) is 22.0 Å². The predicted molar refractivity (Wildman–Crippen MR) is 78.1 cm³/mol. The van der Waals surface area contributed by atoms with E-state index in [1.165, 1.54) is 0 Å². The molecule has 0 bridgehead atoms. The average molecular weight is 350 g/mol. The van der Waals surface area contributed by atoms with Gasteiger partial charge >= 0.3 is 0 Å². The van der Waals surface area contributed by atoms with Crippen LogP contribution >= 0.6 is 31.9 Å². The summed E-state index contributed by atoms with van der Waals surface area (Å²) in [5.41, 5.74) is 1.13. The van der Waals surface area contributed by atoms with E-state index in [4.69, 9.17) is 0 Å². The summed E-state index contributed by atoms with van der Waals surface area (Å²) in [5.74, 6) is 0. The standard InChI is InChI=1S/C12H18Br2N2/c1-3-16(4-2)9-8-15-12-10(13)6-5-7-11(12)14/h5-7,15H,3-4,8-9H2,1-2H3. The second kappa shape index (κ2) is 7.30. The van der Waals surface area contributed by atoms with E-state index >= 15 is 0 Å². The number of hydrogen-bond donors (Lipinski definition) is 1. The SMILES string of the molecule is CCN(CC)CCNc1c(Br)cccc1Br. The first-order chi connectivity index (χ1) is 7.69. The molecule has 1 rings (SSSR count). The van der Waals surface area contributed by atoms with Crippen molar-refractivity contribution in [3.8, 4) is 0 Å². The Morgan fingerprint density at radius 3 is 2.19 bits per heavy atom. The smallest absolute Gasteiger partial charge is 0.0629 e. The molecule has 2 nitrogen and oxygen atoms in total. The third-order valence-electron chi connectivity index (χ3n) is 2.59. The van der Waals surface area contributed by atoms with Crippen LogP contribution in [-0.4, -0.2) is 31.1 Å². The fraction of sp³-hybridized carbons (Fsp3) is 0.500. The average Bonchev–Trinajstić information content (AvgIpc) is 2.28. The second-order valence-electron chi connectivity index (χ2n) is 3.55. The van der Waals surface area contributed by atoms with Crippen LogP contribution in [0.15, 0.2) is 27.1 Å². The number of hydrogen-bond acceptors (Lipinski definition) is 2. The van der Waals surface area contributed by atoms with Crippen molar-refractivity contribution in [1.82, 2.24) is 4.90 Å². The van der Waals surface area contributed by atoms with Crippen LogP contribution in [-0.2, 0) is 0 Å². The zero-order chi connectivity index (χ0) is 12.0. The zero-order valence-corrected chi connectivity index (χ0v) is 12.9. The van der Waals surface area contributed by atoms with Crippen molar-refractivity contribution < 1.29 is 0 Å². The molecule has 0 unspecified atom stereocenters. The lowest BCUT2D eigenvalue weighted by atomic mass is 10.3. The summed E-state index contributed by atoms with van der Waals surface area (Å²) in [4.78, 5) is 2.40. The molecule has 0 aliphatic rings. The molecule has 0 radical (unpaired) electrons. The number of benzene rings is 1. The van der Waals surface area contributed by atoms with Crippen LogP contribution in [0.2, 0.25) is 0 Å². The van der Waals surface area contributed by atoms with Gasteiger partial charge in [0.15, 0.2) is 0 Å². The summed E-state index contributed by atoms with van der Waals surface area (Å²) in [6.45, 7) is 8.63. The highest BCUT2D eigenvalue weighted by Gasteiger charge is 2.04. The number of para-hydroxylation sites is 1. The monoisotopic (exact) mass is 348 g/mol. The number of nitrogens with one attached hydrogen (secondary N) is 1. The van der Waals surface area contributed by atoms with Gasteiger partial charge in [0.2, 0.25) is 0 Å². The molecule has 1 aromatic carbocycles. The van der Waals surface area contributed by atoms with Gasteiger partial charge in [0.05, 0.1) is 5.69 Å². The third kappa shape index (κ3) is 4.07. The van der Waals surface area contributed by atoms with Gasteiger partial charge in [-0.1, -0.05) is 19.9 Å². The van der Waals surface area contributed by atoms with E-state index in [-0.39, 0.29) is 0 Å². The van der Waals surface area contributed by atoms with Gasteiger partial charge in [-0.3, -0.25) is 0 Å². The van der Waals surface area contributed by atoms with Crippen molar-refractivity contribution in [3.63, 3.8) is 0 Å². The Morgan fingerprint density at radius 2 is 1.69 bits per heavy atom. The highest BCUT2D eigenvalue weighted by molar-refractivity contribution is 9.11. The maximum atomic E-state index is 3.54. The molecule has 16 heavy (non-hydrogen) atoms. The molecule has 0 amide bonds. The largest absolute Gasteiger partial charge is 0.382 e. The van der Waals surface area contributed by atoms with Gasteiger partial charge in [-0.2, -0.15) is 0 Å². The summed E-state index contributed by atoms with van der Waals surface area (Å²) in [6.07, 6.45) is 0.